The second-order valence-corrected chi connectivity index (χ2v) is 22.1. The number of piperidine rings is 2. The number of likely N-dealkylation sites (N-methyl/N-ethyl adjacent to an activating group) is 1. The maximum atomic E-state index is 16.6. The van der Waals surface area contributed by atoms with Crippen molar-refractivity contribution in [1.82, 2.24) is 29.6 Å². The van der Waals surface area contributed by atoms with Crippen LogP contribution in [0.2, 0.25) is 10.0 Å². The zero-order valence-electron chi connectivity index (χ0n) is 39.2. The monoisotopic (exact) mass is 963 g/mol. The molecule has 4 amide bonds. The van der Waals surface area contributed by atoms with Gasteiger partial charge in [0.15, 0.2) is 0 Å². The molecule has 68 heavy (non-hydrogen) atoms. The van der Waals surface area contributed by atoms with E-state index in [4.69, 9.17) is 23.2 Å². The van der Waals surface area contributed by atoms with Crippen molar-refractivity contribution in [2.45, 2.75) is 126 Å². The predicted molar refractivity (Wildman–Crippen MR) is 261 cm³/mol. The lowest BCUT2D eigenvalue weighted by Gasteiger charge is -2.53. The number of benzene rings is 3. The fourth-order valence-corrected chi connectivity index (χ4v) is 13.6. The molecular formula is C53H60Cl2FN7O5. The first kappa shape index (κ1) is 46.7. The molecule has 3 N–H and O–H groups in total. The first-order chi connectivity index (χ1) is 32.5. The molecule has 15 heteroatoms. The highest BCUT2D eigenvalue weighted by molar-refractivity contribution is 6.31. The first-order valence-electron chi connectivity index (χ1n) is 24.4. The van der Waals surface area contributed by atoms with E-state index in [9.17, 15) is 14.4 Å². The van der Waals surface area contributed by atoms with Crippen molar-refractivity contribution >= 4 is 63.6 Å². The number of carbonyl (C=O) groups is 4. The average molecular weight is 965 g/mol. The van der Waals surface area contributed by atoms with Gasteiger partial charge in [0.1, 0.15) is 17.3 Å². The average Bonchev–Trinajstić information content (AvgIpc) is 3.83. The Bertz CT molecular complexity index is 2840. The van der Waals surface area contributed by atoms with Gasteiger partial charge in [-0.05, 0) is 150 Å². The zero-order chi connectivity index (χ0) is 47.9. The molecular weight excluding hydrogens is 905 g/mol. The molecule has 0 bridgehead atoms. The molecule has 12 nitrogen and oxygen atoms in total. The number of hydrogen-bond donors (Lipinski definition) is 3. The molecule has 2 aliphatic carbocycles. The second kappa shape index (κ2) is 17.8. The molecule has 10 rings (SSSR count). The van der Waals surface area contributed by atoms with E-state index in [1.165, 1.54) is 15.2 Å². The number of anilines is 1. The lowest BCUT2D eigenvalue weighted by Crippen LogP contribution is -2.62. The normalized spacial score (nSPS) is 28.3. The summed E-state index contributed by atoms with van der Waals surface area (Å²) in [6, 6.07) is 14.4. The molecule has 4 aliphatic heterocycles. The number of imide groups is 1. The summed E-state index contributed by atoms with van der Waals surface area (Å²) in [4.78, 5) is 72.3. The molecule has 0 radical (unpaired) electrons. The van der Waals surface area contributed by atoms with Crippen molar-refractivity contribution in [2.75, 3.05) is 32.0 Å². The predicted octanol–water partition coefficient (Wildman–Crippen LogP) is 7.83. The molecule has 2 saturated carbocycles. The fourth-order valence-electron chi connectivity index (χ4n) is 13.2. The molecule has 6 aliphatic rings. The van der Waals surface area contributed by atoms with Crippen LogP contribution in [0.4, 0.5) is 10.1 Å². The lowest BCUT2D eigenvalue weighted by atomic mass is 9.53. The number of fused-ring (bicyclic) bond motifs is 4. The number of nitrogens with one attached hydrogen (secondary N) is 3. The molecule has 4 atom stereocenters. The molecule has 1 aromatic heterocycles. The summed E-state index contributed by atoms with van der Waals surface area (Å²) in [5, 5.41) is 9.41. The van der Waals surface area contributed by atoms with Crippen LogP contribution < -0.4 is 21.6 Å². The Labute approximate surface area is 406 Å². The molecule has 3 saturated heterocycles. The number of imidazole rings is 1. The number of nitrogens with zero attached hydrogens (tertiary/aromatic N) is 4. The third kappa shape index (κ3) is 7.78. The van der Waals surface area contributed by atoms with Crippen molar-refractivity contribution in [3.05, 3.63) is 97.6 Å². The standard InChI is InChI=1S/C53H60Cl2FN7O5/c1-51(2)22-24-52(25-23-51)53(37-16-13-34(54)29-39(37)58-49(53)67)44(36-6-5-7-38(55)45(36)56)46(61(52)4)48(66)57-35-14-10-33(11-15-35)30-62-26-20-31(21-27-62)8-9-32-12-17-40-42(28-32)60(3)50(68)63(40)41-18-19-43(64)59-47(41)65/h5-7,12-13,16-17,28-29,31,33,35,41,44,46H,10-11,14-15,18-27,30H2,1-4H3,(H,57,66)(H,58,67)(H,59,64,65)/t33?,35?,41?,44-,46+,53+/m0/s1. The molecule has 5 fully saturated rings. The summed E-state index contributed by atoms with van der Waals surface area (Å²) in [6.45, 7) is 7.41. The Kier molecular flexibility index (Phi) is 12.2. The minimum absolute atomic E-state index is 0.0407. The summed E-state index contributed by atoms with van der Waals surface area (Å²) in [6.07, 6.45) is 9.05. The molecule has 4 aromatic rings. The number of carbonyl (C=O) groups excluding carboxylic acids is 4. The number of likely N-dealkylation sites (tertiary alicyclic amines) is 2. The number of aryl methyl sites for hydroxylation is 1. The lowest BCUT2D eigenvalue weighted by molar-refractivity contribution is -0.136. The van der Waals surface area contributed by atoms with E-state index in [2.05, 4.69) is 51.4 Å². The van der Waals surface area contributed by atoms with E-state index in [1.54, 1.807) is 31.3 Å². The van der Waals surface area contributed by atoms with Gasteiger partial charge in [-0.25, -0.2) is 9.18 Å². The highest BCUT2D eigenvalue weighted by atomic mass is 35.5. The topological polar surface area (TPSA) is 138 Å². The van der Waals surface area contributed by atoms with E-state index in [1.807, 2.05) is 31.3 Å². The number of aromatic nitrogens is 2. The van der Waals surface area contributed by atoms with Crippen LogP contribution in [0.3, 0.4) is 0 Å². The smallest absolute Gasteiger partial charge is 0.329 e. The van der Waals surface area contributed by atoms with Gasteiger partial charge in [0.25, 0.3) is 0 Å². The Balaban J connectivity index is 0.799. The SMILES string of the molecule is CN1[C@@H](C(=O)NC2CCC(CN3CCC(C#Cc4ccc5c(c4)n(C)c(=O)n5C4CCC(=O)NC4=O)CC3)CC2)[C@H](c2cccc(Cl)c2F)[C@]2(C(=O)Nc3cc(Cl)ccc32)C12CCC(C)(C)CC2. The fraction of sp³-hybridized carbons (Fsp3) is 0.528. The van der Waals surface area contributed by atoms with Crippen LogP contribution in [0.15, 0.2) is 59.4 Å². The second-order valence-electron chi connectivity index (χ2n) is 21.3. The Morgan fingerprint density at radius 3 is 2.32 bits per heavy atom. The number of halogens is 3. The van der Waals surface area contributed by atoms with Gasteiger partial charge < -0.3 is 15.5 Å². The van der Waals surface area contributed by atoms with Gasteiger partial charge in [-0.15, -0.1) is 0 Å². The largest absolute Gasteiger partial charge is 0.352 e. The van der Waals surface area contributed by atoms with Crippen LogP contribution in [-0.2, 0) is 31.6 Å². The summed E-state index contributed by atoms with van der Waals surface area (Å²) >= 11 is 13.0. The van der Waals surface area contributed by atoms with Crippen LogP contribution in [-0.4, -0.2) is 86.9 Å². The molecule has 2 spiro atoms. The number of hydrogen-bond acceptors (Lipinski definition) is 7. The Morgan fingerprint density at radius 1 is 0.868 bits per heavy atom. The number of rotatable bonds is 6. The third-order valence-corrected chi connectivity index (χ3v) is 17.5. The van der Waals surface area contributed by atoms with Crippen molar-refractivity contribution in [3.8, 4) is 11.8 Å². The van der Waals surface area contributed by atoms with Crippen LogP contribution in [0, 0.1) is 34.9 Å². The van der Waals surface area contributed by atoms with Crippen LogP contribution >= 0.6 is 23.2 Å². The third-order valence-electron chi connectivity index (χ3n) is 17.0. The summed E-state index contributed by atoms with van der Waals surface area (Å²) in [7, 11) is 3.66. The van der Waals surface area contributed by atoms with Crippen molar-refractivity contribution in [2.24, 2.45) is 24.3 Å². The van der Waals surface area contributed by atoms with Gasteiger partial charge in [0, 0.05) is 59.7 Å². The van der Waals surface area contributed by atoms with Gasteiger partial charge in [0.05, 0.1) is 22.1 Å². The number of amides is 4. The van der Waals surface area contributed by atoms with Gasteiger partial charge in [-0.2, -0.15) is 0 Å². The Morgan fingerprint density at radius 2 is 1.60 bits per heavy atom. The van der Waals surface area contributed by atoms with Gasteiger partial charge in [0.2, 0.25) is 23.6 Å². The maximum Gasteiger partial charge on any atom is 0.329 e. The van der Waals surface area contributed by atoms with Crippen LogP contribution in [0.1, 0.15) is 120 Å². The van der Waals surface area contributed by atoms with Gasteiger partial charge in [-0.1, -0.05) is 67.1 Å². The summed E-state index contributed by atoms with van der Waals surface area (Å²) < 4.78 is 19.6. The van der Waals surface area contributed by atoms with Crippen molar-refractivity contribution in [1.29, 1.82) is 0 Å². The van der Waals surface area contributed by atoms with E-state index in [-0.39, 0.29) is 64.2 Å². The minimum atomic E-state index is -1.29. The van der Waals surface area contributed by atoms with Gasteiger partial charge in [-0.3, -0.25) is 38.5 Å². The summed E-state index contributed by atoms with van der Waals surface area (Å²) in [5.41, 5.74) is 1.46. The van der Waals surface area contributed by atoms with E-state index in [0.29, 0.717) is 40.5 Å². The highest BCUT2D eigenvalue weighted by Gasteiger charge is 2.75. The minimum Gasteiger partial charge on any atom is -0.352 e. The van der Waals surface area contributed by atoms with Crippen molar-refractivity contribution in [3.63, 3.8) is 0 Å². The molecule has 358 valence electrons. The first-order valence-corrected chi connectivity index (χ1v) is 25.1. The van der Waals surface area contributed by atoms with Crippen LogP contribution in [0.25, 0.3) is 11.0 Å². The molecule has 1 unspecified atom stereocenters. The van der Waals surface area contributed by atoms with E-state index in [0.717, 1.165) is 82.1 Å². The Hall–Kier alpha value is -5.00. The highest BCUT2D eigenvalue weighted by Crippen LogP contribution is 2.67. The van der Waals surface area contributed by atoms with Crippen LogP contribution in [0.5, 0.6) is 0 Å². The molecule has 5 heterocycles. The van der Waals surface area contributed by atoms with Gasteiger partial charge >= 0.3 is 5.69 Å². The maximum absolute atomic E-state index is 16.6. The quantitative estimate of drug-likeness (QED) is 0.132. The molecule has 3 aromatic carbocycles. The summed E-state index contributed by atoms with van der Waals surface area (Å²) in [5.74, 6) is 4.94. The van der Waals surface area contributed by atoms with E-state index >= 15 is 14.0 Å². The van der Waals surface area contributed by atoms with Crippen molar-refractivity contribution < 1.29 is 23.6 Å². The van der Waals surface area contributed by atoms with E-state index < -0.39 is 40.7 Å². The zero-order valence-corrected chi connectivity index (χ0v) is 40.7.